The van der Waals surface area contributed by atoms with Gasteiger partial charge in [-0.25, -0.2) is 4.98 Å². The summed E-state index contributed by atoms with van der Waals surface area (Å²) < 4.78 is 0. The molecule has 4 heteroatoms. The highest BCUT2D eigenvalue weighted by Gasteiger charge is 2.39. The number of rotatable bonds is 5. The van der Waals surface area contributed by atoms with Crippen LogP contribution in [0.25, 0.3) is 5.57 Å². The van der Waals surface area contributed by atoms with Gasteiger partial charge < -0.3 is 5.32 Å². The standard InChI is InChI=1S/C17H18N2OS/c1-3-13-10-21-14(19-13)9-18-17(20)16-11(2)15(16)12-7-5-4-6-8-12/h4-8,10,16H,3,9H2,1-2H3,(H,18,20)/t16-/m1/s1. The van der Waals surface area contributed by atoms with E-state index in [1.54, 1.807) is 11.3 Å². The first-order valence-electron chi connectivity index (χ1n) is 7.17. The molecule has 1 atom stereocenters. The van der Waals surface area contributed by atoms with Crippen molar-refractivity contribution in [3.63, 3.8) is 0 Å². The Morgan fingerprint density at radius 3 is 2.76 bits per heavy atom. The van der Waals surface area contributed by atoms with E-state index in [0.717, 1.165) is 22.7 Å². The Hall–Kier alpha value is -1.94. The Kier molecular flexibility index (Phi) is 3.88. The number of nitrogens with one attached hydrogen (secondary N) is 1. The molecule has 1 aliphatic carbocycles. The van der Waals surface area contributed by atoms with E-state index in [-0.39, 0.29) is 11.8 Å². The van der Waals surface area contributed by atoms with E-state index in [2.05, 4.69) is 34.7 Å². The number of carbonyl (C=O) groups excluding carboxylic acids is 1. The van der Waals surface area contributed by atoms with Crippen molar-refractivity contribution in [1.29, 1.82) is 0 Å². The number of nitrogens with zero attached hydrogens (tertiary/aromatic N) is 1. The predicted molar refractivity (Wildman–Crippen MR) is 85.9 cm³/mol. The molecule has 0 saturated heterocycles. The average Bonchev–Trinajstić information content (AvgIpc) is 2.98. The normalized spacial score (nSPS) is 17.0. The molecule has 1 aromatic heterocycles. The van der Waals surface area contributed by atoms with Crippen LogP contribution >= 0.6 is 11.3 Å². The van der Waals surface area contributed by atoms with Gasteiger partial charge in [0.15, 0.2) is 0 Å². The Morgan fingerprint density at radius 2 is 2.10 bits per heavy atom. The molecule has 3 rings (SSSR count). The molecule has 0 radical (unpaired) electrons. The third-order valence-corrected chi connectivity index (χ3v) is 4.68. The minimum absolute atomic E-state index is 0.0574. The maximum absolute atomic E-state index is 12.3. The minimum Gasteiger partial charge on any atom is -0.349 e. The first-order valence-corrected chi connectivity index (χ1v) is 8.05. The highest BCUT2D eigenvalue weighted by molar-refractivity contribution is 7.09. The monoisotopic (exact) mass is 298 g/mol. The molecule has 0 saturated carbocycles. The Bertz CT molecular complexity index is 688. The molecule has 0 fully saturated rings. The molecule has 0 aliphatic heterocycles. The van der Waals surface area contributed by atoms with Crippen LogP contribution in [0.15, 0.2) is 41.3 Å². The van der Waals surface area contributed by atoms with Crippen LogP contribution < -0.4 is 5.32 Å². The smallest absolute Gasteiger partial charge is 0.232 e. The van der Waals surface area contributed by atoms with Crippen LogP contribution in [0, 0.1) is 5.92 Å². The molecule has 21 heavy (non-hydrogen) atoms. The summed E-state index contributed by atoms with van der Waals surface area (Å²) in [5.41, 5.74) is 4.58. The van der Waals surface area contributed by atoms with Gasteiger partial charge in [-0.2, -0.15) is 0 Å². The van der Waals surface area contributed by atoms with E-state index < -0.39 is 0 Å². The highest BCUT2D eigenvalue weighted by Crippen LogP contribution is 2.46. The highest BCUT2D eigenvalue weighted by atomic mass is 32.1. The maximum atomic E-state index is 12.3. The zero-order valence-electron chi connectivity index (χ0n) is 12.2. The summed E-state index contributed by atoms with van der Waals surface area (Å²) in [5.74, 6) is 0.0256. The number of aryl methyl sites for hydroxylation is 1. The third-order valence-electron chi connectivity index (χ3n) is 3.79. The van der Waals surface area contributed by atoms with Crippen LogP contribution in [0.2, 0.25) is 0 Å². The van der Waals surface area contributed by atoms with Gasteiger partial charge in [-0.05, 0) is 24.5 Å². The van der Waals surface area contributed by atoms with E-state index in [1.807, 2.05) is 25.1 Å². The zero-order chi connectivity index (χ0) is 14.8. The summed E-state index contributed by atoms with van der Waals surface area (Å²) in [5, 5.41) is 6.02. The van der Waals surface area contributed by atoms with Crippen LogP contribution in [0.3, 0.4) is 0 Å². The zero-order valence-corrected chi connectivity index (χ0v) is 13.0. The largest absolute Gasteiger partial charge is 0.349 e. The van der Waals surface area contributed by atoms with Crippen molar-refractivity contribution in [2.45, 2.75) is 26.8 Å². The van der Waals surface area contributed by atoms with E-state index in [4.69, 9.17) is 0 Å². The molecule has 0 unspecified atom stereocenters. The van der Waals surface area contributed by atoms with Gasteiger partial charge in [0.2, 0.25) is 5.91 Å². The molecule has 1 heterocycles. The molecule has 2 aromatic rings. The van der Waals surface area contributed by atoms with E-state index >= 15 is 0 Å². The molecule has 108 valence electrons. The van der Waals surface area contributed by atoms with Crippen molar-refractivity contribution in [3.05, 3.63) is 57.6 Å². The topological polar surface area (TPSA) is 42.0 Å². The number of aromatic nitrogens is 1. The van der Waals surface area contributed by atoms with Crippen LogP contribution in [0.1, 0.15) is 30.1 Å². The second-order valence-corrected chi connectivity index (χ2v) is 6.14. The fraction of sp³-hybridized carbons (Fsp3) is 0.294. The predicted octanol–water partition coefficient (Wildman–Crippen LogP) is 3.43. The molecule has 1 aliphatic rings. The lowest BCUT2D eigenvalue weighted by atomic mass is 10.1. The SMILES string of the molecule is CCc1csc(CNC(=O)[C@@H]2C(C)=C2c2ccccc2)n1. The number of benzene rings is 1. The molecule has 0 bridgehead atoms. The fourth-order valence-corrected chi connectivity index (χ4v) is 3.34. The molecular weight excluding hydrogens is 280 g/mol. The van der Waals surface area contributed by atoms with Crippen molar-refractivity contribution in [2.75, 3.05) is 0 Å². The number of hydrogen-bond donors (Lipinski definition) is 1. The molecular formula is C17H18N2OS. The number of hydrogen-bond acceptors (Lipinski definition) is 3. The quantitative estimate of drug-likeness (QED) is 0.919. The fourth-order valence-electron chi connectivity index (χ4n) is 2.53. The van der Waals surface area contributed by atoms with Crippen molar-refractivity contribution < 1.29 is 4.79 Å². The van der Waals surface area contributed by atoms with Gasteiger partial charge in [-0.15, -0.1) is 11.3 Å². The summed E-state index contributed by atoms with van der Waals surface area (Å²) >= 11 is 1.61. The van der Waals surface area contributed by atoms with Gasteiger partial charge in [0.1, 0.15) is 5.01 Å². The average molecular weight is 298 g/mol. The maximum Gasteiger partial charge on any atom is 0.232 e. The van der Waals surface area contributed by atoms with E-state index in [9.17, 15) is 4.79 Å². The Balaban J connectivity index is 1.58. The number of carbonyl (C=O) groups is 1. The lowest BCUT2D eigenvalue weighted by Crippen LogP contribution is -2.25. The molecule has 3 nitrogen and oxygen atoms in total. The first-order chi connectivity index (χ1) is 10.2. The van der Waals surface area contributed by atoms with Crippen LogP contribution in [0.4, 0.5) is 0 Å². The van der Waals surface area contributed by atoms with Gasteiger partial charge in [0.25, 0.3) is 0 Å². The molecule has 0 spiro atoms. The second-order valence-electron chi connectivity index (χ2n) is 5.20. The van der Waals surface area contributed by atoms with Crippen LogP contribution in [-0.2, 0) is 17.8 Å². The van der Waals surface area contributed by atoms with Gasteiger partial charge in [-0.3, -0.25) is 4.79 Å². The molecule has 1 aromatic carbocycles. The van der Waals surface area contributed by atoms with E-state index in [1.165, 1.54) is 11.1 Å². The van der Waals surface area contributed by atoms with Gasteiger partial charge in [0.05, 0.1) is 18.2 Å². The molecule has 1 amide bonds. The summed E-state index contributed by atoms with van der Waals surface area (Å²) in [6.45, 7) is 4.64. The summed E-state index contributed by atoms with van der Waals surface area (Å²) in [6, 6.07) is 10.1. The van der Waals surface area contributed by atoms with Crippen molar-refractivity contribution in [2.24, 2.45) is 5.92 Å². The summed E-state index contributed by atoms with van der Waals surface area (Å²) in [7, 11) is 0. The summed E-state index contributed by atoms with van der Waals surface area (Å²) in [4.78, 5) is 16.7. The van der Waals surface area contributed by atoms with E-state index in [0.29, 0.717) is 6.54 Å². The minimum atomic E-state index is -0.0574. The van der Waals surface area contributed by atoms with Crippen LogP contribution in [-0.4, -0.2) is 10.9 Å². The Morgan fingerprint density at radius 1 is 1.33 bits per heavy atom. The number of thiazole rings is 1. The van der Waals surface area contributed by atoms with Gasteiger partial charge in [-0.1, -0.05) is 42.8 Å². The lowest BCUT2D eigenvalue weighted by molar-refractivity contribution is -0.121. The van der Waals surface area contributed by atoms with Gasteiger partial charge in [0, 0.05) is 5.38 Å². The second kappa shape index (κ2) is 5.82. The van der Waals surface area contributed by atoms with Crippen molar-refractivity contribution in [3.8, 4) is 0 Å². The Labute approximate surface area is 128 Å². The lowest BCUT2D eigenvalue weighted by Gasteiger charge is -2.03. The summed E-state index contributed by atoms with van der Waals surface area (Å²) in [6.07, 6.45) is 0.936. The third kappa shape index (κ3) is 2.90. The van der Waals surface area contributed by atoms with Crippen molar-refractivity contribution >= 4 is 22.8 Å². The van der Waals surface area contributed by atoms with Crippen molar-refractivity contribution in [1.82, 2.24) is 10.3 Å². The first kappa shape index (κ1) is 14.0. The number of amides is 1. The van der Waals surface area contributed by atoms with Crippen LogP contribution in [0.5, 0.6) is 0 Å². The molecule has 1 N–H and O–H groups in total. The van der Waals surface area contributed by atoms with Gasteiger partial charge >= 0.3 is 0 Å².